The SMILES string of the molecule is COc1ccc([C@@H](O)[C@@H](NC(=O)OCc2ccccc2)C(=O)O)cc1OC. The minimum Gasteiger partial charge on any atom is -0.493 e. The van der Waals surface area contributed by atoms with Gasteiger partial charge in [-0.15, -0.1) is 0 Å². The van der Waals surface area contributed by atoms with Crippen molar-refractivity contribution in [3.8, 4) is 11.5 Å². The Hall–Kier alpha value is -3.26. The fourth-order valence-electron chi connectivity index (χ4n) is 2.40. The van der Waals surface area contributed by atoms with Gasteiger partial charge in [-0.1, -0.05) is 36.4 Å². The lowest BCUT2D eigenvalue weighted by Gasteiger charge is -2.21. The van der Waals surface area contributed by atoms with Gasteiger partial charge >= 0.3 is 12.1 Å². The molecule has 1 amide bonds. The number of hydrogen-bond donors (Lipinski definition) is 3. The van der Waals surface area contributed by atoms with E-state index in [1.165, 1.54) is 32.4 Å². The summed E-state index contributed by atoms with van der Waals surface area (Å²) in [4.78, 5) is 23.5. The second-order valence-corrected chi connectivity index (χ2v) is 5.58. The molecule has 0 aliphatic rings. The number of hydrogen-bond acceptors (Lipinski definition) is 6. The van der Waals surface area contributed by atoms with Gasteiger partial charge in [0.15, 0.2) is 17.5 Å². The minimum atomic E-state index is -1.61. The van der Waals surface area contributed by atoms with Gasteiger partial charge in [-0.25, -0.2) is 9.59 Å². The van der Waals surface area contributed by atoms with E-state index < -0.39 is 24.2 Å². The van der Waals surface area contributed by atoms with Crippen molar-refractivity contribution < 1.29 is 34.0 Å². The average Bonchev–Trinajstić information content (AvgIpc) is 2.69. The molecule has 0 bridgehead atoms. The summed E-state index contributed by atoms with van der Waals surface area (Å²) >= 11 is 0. The molecule has 2 rings (SSSR count). The van der Waals surface area contributed by atoms with Gasteiger partial charge < -0.3 is 29.7 Å². The maximum atomic E-state index is 11.9. The lowest BCUT2D eigenvalue weighted by Crippen LogP contribution is -2.45. The molecule has 8 heteroatoms. The van der Waals surface area contributed by atoms with Gasteiger partial charge in [0.1, 0.15) is 12.7 Å². The molecule has 0 aliphatic heterocycles. The fraction of sp³-hybridized carbons (Fsp3) is 0.263. The molecule has 0 aliphatic carbocycles. The summed E-state index contributed by atoms with van der Waals surface area (Å²) in [6, 6.07) is 11.8. The zero-order chi connectivity index (χ0) is 19.8. The van der Waals surface area contributed by atoms with Crippen molar-refractivity contribution in [3.05, 3.63) is 59.7 Å². The van der Waals surface area contributed by atoms with Gasteiger partial charge in [-0.05, 0) is 23.3 Å². The monoisotopic (exact) mass is 375 g/mol. The van der Waals surface area contributed by atoms with Crippen LogP contribution in [0.1, 0.15) is 17.2 Å². The van der Waals surface area contributed by atoms with Crippen molar-refractivity contribution in [1.29, 1.82) is 0 Å². The first-order valence-electron chi connectivity index (χ1n) is 8.06. The number of aliphatic hydroxyl groups excluding tert-OH is 1. The number of aliphatic hydroxyl groups is 1. The number of carbonyl (C=O) groups is 2. The van der Waals surface area contributed by atoms with E-state index in [2.05, 4.69) is 5.32 Å². The maximum absolute atomic E-state index is 11.9. The highest BCUT2D eigenvalue weighted by Gasteiger charge is 2.30. The molecule has 0 radical (unpaired) electrons. The van der Waals surface area contributed by atoms with Crippen molar-refractivity contribution >= 4 is 12.1 Å². The number of carbonyl (C=O) groups excluding carboxylic acids is 1. The zero-order valence-electron chi connectivity index (χ0n) is 14.9. The smallest absolute Gasteiger partial charge is 0.408 e. The molecule has 0 spiro atoms. The lowest BCUT2D eigenvalue weighted by atomic mass is 10.0. The van der Waals surface area contributed by atoms with E-state index in [4.69, 9.17) is 14.2 Å². The summed E-state index contributed by atoms with van der Waals surface area (Å²) in [5.41, 5.74) is 0.989. The number of ether oxygens (including phenoxy) is 3. The third-order valence-corrected chi connectivity index (χ3v) is 3.82. The summed E-state index contributed by atoms with van der Waals surface area (Å²) in [5, 5.41) is 22.0. The highest BCUT2D eigenvalue weighted by molar-refractivity contribution is 5.80. The number of benzene rings is 2. The van der Waals surface area contributed by atoms with Crippen LogP contribution in [0.3, 0.4) is 0 Å². The van der Waals surface area contributed by atoms with E-state index in [1.807, 2.05) is 6.07 Å². The summed E-state index contributed by atoms with van der Waals surface area (Å²) in [6.07, 6.45) is -2.47. The predicted octanol–water partition coefficient (Wildman–Crippen LogP) is 2.12. The molecule has 144 valence electrons. The molecule has 2 aromatic carbocycles. The van der Waals surface area contributed by atoms with Gasteiger partial charge in [0, 0.05) is 0 Å². The third-order valence-electron chi connectivity index (χ3n) is 3.82. The Morgan fingerprint density at radius 3 is 2.30 bits per heavy atom. The number of alkyl carbamates (subject to hydrolysis) is 1. The Morgan fingerprint density at radius 2 is 1.70 bits per heavy atom. The first-order valence-corrected chi connectivity index (χ1v) is 8.06. The van der Waals surface area contributed by atoms with Crippen LogP contribution in [-0.2, 0) is 16.1 Å². The van der Waals surface area contributed by atoms with Gasteiger partial charge in [-0.3, -0.25) is 0 Å². The summed E-state index contributed by atoms with van der Waals surface area (Å²) in [5.74, 6) is -0.658. The number of methoxy groups -OCH3 is 2. The van der Waals surface area contributed by atoms with Crippen LogP contribution in [0.15, 0.2) is 48.5 Å². The molecular formula is C19H21NO7. The highest BCUT2D eigenvalue weighted by Crippen LogP contribution is 2.31. The molecule has 0 saturated carbocycles. The predicted molar refractivity (Wildman–Crippen MR) is 95.7 cm³/mol. The van der Waals surface area contributed by atoms with E-state index >= 15 is 0 Å². The number of nitrogens with one attached hydrogen (secondary N) is 1. The lowest BCUT2D eigenvalue weighted by molar-refractivity contribution is -0.142. The first-order chi connectivity index (χ1) is 13.0. The molecule has 2 atom stereocenters. The van der Waals surface area contributed by atoms with E-state index in [1.54, 1.807) is 24.3 Å². The molecule has 8 nitrogen and oxygen atoms in total. The Morgan fingerprint density at radius 1 is 1.04 bits per heavy atom. The van der Waals surface area contributed by atoms with E-state index in [0.717, 1.165) is 5.56 Å². The third kappa shape index (κ3) is 5.35. The van der Waals surface area contributed by atoms with Crippen LogP contribution in [-0.4, -0.2) is 42.5 Å². The molecule has 3 N–H and O–H groups in total. The van der Waals surface area contributed by atoms with E-state index in [0.29, 0.717) is 11.5 Å². The molecule has 2 aromatic rings. The standard InChI is InChI=1S/C19H21NO7/c1-25-14-9-8-13(10-15(14)26-2)17(21)16(18(22)23)20-19(24)27-11-12-6-4-3-5-7-12/h3-10,16-17,21H,11H2,1-2H3,(H,20,24)(H,22,23)/t16-,17-/m1/s1. The minimum absolute atomic E-state index is 0.0224. The normalized spacial score (nSPS) is 12.6. The van der Waals surface area contributed by atoms with E-state index in [-0.39, 0.29) is 12.2 Å². The molecule has 0 unspecified atom stereocenters. The summed E-state index contributed by atoms with van der Waals surface area (Å²) < 4.78 is 15.3. The molecule has 0 saturated heterocycles. The Kier molecular flexibility index (Phi) is 7.01. The van der Waals surface area contributed by atoms with Crippen molar-refractivity contribution in [2.75, 3.05) is 14.2 Å². The Bertz CT molecular complexity index is 779. The van der Waals surface area contributed by atoms with Crippen LogP contribution >= 0.6 is 0 Å². The summed E-state index contributed by atoms with van der Waals surface area (Å²) in [7, 11) is 2.88. The van der Waals surface area contributed by atoms with Gasteiger partial charge in [0.2, 0.25) is 0 Å². The van der Waals surface area contributed by atoms with Crippen molar-refractivity contribution in [2.24, 2.45) is 0 Å². The van der Waals surface area contributed by atoms with Crippen molar-refractivity contribution in [2.45, 2.75) is 18.8 Å². The van der Waals surface area contributed by atoms with Gasteiger partial charge in [0.05, 0.1) is 14.2 Å². The molecule has 0 fully saturated rings. The fourth-order valence-corrected chi connectivity index (χ4v) is 2.40. The van der Waals surface area contributed by atoms with Crippen LogP contribution in [0.2, 0.25) is 0 Å². The Balaban J connectivity index is 2.07. The molecule has 0 heterocycles. The quantitative estimate of drug-likeness (QED) is 0.647. The number of carboxylic acid groups (broad SMARTS) is 1. The van der Waals surface area contributed by atoms with Crippen LogP contribution < -0.4 is 14.8 Å². The second kappa shape index (κ2) is 9.44. The van der Waals surface area contributed by atoms with Gasteiger partial charge in [-0.2, -0.15) is 0 Å². The first kappa shape index (κ1) is 20.1. The van der Waals surface area contributed by atoms with Crippen LogP contribution in [0.5, 0.6) is 11.5 Å². The molecular weight excluding hydrogens is 354 g/mol. The van der Waals surface area contributed by atoms with E-state index in [9.17, 15) is 19.8 Å². The largest absolute Gasteiger partial charge is 0.493 e. The Labute approximate surface area is 156 Å². The number of amides is 1. The number of rotatable bonds is 8. The van der Waals surface area contributed by atoms with Crippen LogP contribution in [0, 0.1) is 0 Å². The van der Waals surface area contributed by atoms with Crippen molar-refractivity contribution in [3.63, 3.8) is 0 Å². The number of aliphatic carboxylic acids is 1. The zero-order valence-corrected chi connectivity index (χ0v) is 14.9. The molecule has 0 aromatic heterocycles. The number of carboxylic acids is 1. The topological polar surface area (TPSA) is 114 Å². The van der Waals surface area contributed by atoms with Crippen LogP contribution in [0.25, 0.3) is 0 Å². The molecule has 27 heavy (non-hydrogen) atoms. The summed E-state index contributed by atoms with van der Waals surface area (Å²) in [6.45, 7) is -0.0224. The maximum Gasteiger partial charge on any atom is 0.408 e. The van der Waals surface area contributed by atoms with Gasteiger partial charge in [0.25, 0.3) is 0 Å². The average molecular weight is 375 g/mol. The van der Waals surface area contributed by atoms with Crippen LogP contribution in [0.4, 0.5) is 4.79 Å². The highest BCUT2D eigenvalue weighted by atomic mass is 16.5. The van der Waals surface area contributed by atoms with Crippen molar-refractivity contribution in [1.82, 2.24) is 5.32 Å². The second-order valence-electron chi connectivity index (χ2n) is 5.58.